The van der Waals surface area contributed by atoms with Gasteiger partial charge in [-0.25, -0.2) is 0 Å². The van der Waals surface area contributed by atoms with E-state index in [1.165, 1.54) is 0 Å². The van der Waals surface area contributed by atoms with Gasteiger partial charge in [-0.05, 0) is 19.5 Å². The predicted molar refractivity (Wildman–Crippen MR) is 70.9 cm³/mol. The largest absolute Gasteiger partial charge is 0.341 e. The van der Waals surface area contributed by atoms with Gasteiger partial charge < -0.3 is 4.90 Å². The molecule has 0 N–H and O–H groups in total. The highest BCUT2D eigenvalue weighted by Crippen LogP contribution is 2.18. The Bertz CT molecular complexity index is 219. The first-order chi connectivity index (χ1) is 7.67. The third kappa shape index (κ3) is 4.34. The highest BCUT2D eigenvalue weighted by Gasteiger charge is 2.19. The number of nitrogens with zero attached hydrogens (tertiary/aromatic N) is 2. The van der Waals surface area contributed by atoms with E-state index in [2.05, 4.69) is 25.7 Å². The van der Waals surface area contributed by atoms with E-state index in [9.17, 15) is 4.79 Å². The van der Waals surface area contributed by atoms with Gasteiger partial charge in [0.1, 0.15) is 0 Å². The van der Waals surface area contributed by atoms with Gasteiger partial charge in [0.05, 0.1) is 6.54 Å². The molecule has 1 fully saturated rings. The van der Waals surface area contributed by atoms with Crippen LogP contribution in [0.25, 0.3) is 0 Å². The van der Waals surface area contributed by atoms with Crippen LogP contribution in [0.4, 0.5) is 0 Å². The molecule has 1 saturated heterocycles. The van der Waals surface area contributed by atoms with Crippen molar-refractivity contribution in [1.29, 1.82) is 0 Å². The van der Waals surface area contributed by atoms with E-state index >= 15 is 0 Å². The van der Waals surface area contributed by atoms with Gasteiger partial charge in [0.25, 0.3) is 0 Å². The smallest absolute Gasteiger partial charge is 0.236 e. The van der Waals surface area contributed by atoms with E-state index in [4.69, 9.17) is 0 Å². The summed E-state index contributed by atoms with van der Waals surface area (Å²) in [5.74, 6) is 1.39. The van der Waals surface area contributed by atoms with E-state index in [-0.39, 0.29) is 0 Å². The summed E-state index contributed by atoms with van der Waals surface area (Å²) in [4.78, 5) is 16.3. The molecule has 94 valence electrons. The zero-order valence-corrected chi connectivity index (χ0v) is 11.6. The van der Waals surface area contributed by atoms with Crippen molar-refractivity contribution in [2.45, 2.75) is 32.4 Å². The van der Waals surface area contributed by atoms with Crippen molar-refractivity contribution in [3.8, 4) is 0 Å². The number of thioether (sulfide) groups is 1. The summed E-state index contributed by atoms with van der Waals surface area (Å²) >= 11 is 1.98. The molecule has 0 aromatic rings. The lowest BCUT2D eigenvalue weighted by Crippen LogP contribution is -2.41. The third-order valence-corrected chi connectivity index (χ3v) is 4.40. The van der Waals surface area contributed by atoms with Crippen molar-refractivity contribution in [1.82, 2.24) is 9.80 Å². The van der Waals surface area contributed by atoms with Gasteiger partial charge in [-0.3, -0.25) is 9.69 Å². The average molecular weight is 244 g/mol. The normalized spacial score (nSPS) is 22.2. The Hall–Kier alpha value is -0.220. The van der Waals surface area contributed by atoms with Crippen molar-refractivity contribution >= 4 is 17.7 Å². The van der Waals surface area contributed by atoms with Gasteiger partial charge in [0, 0.05) is 24.1 Å². The van der Waals surface area contributed by atoms with Crippen molar-refractivity contribution in [2.24, 2.45) is 0 Å². The number of hydrogen-bond donors (Lipinski definition) is 0. The number of hydrogen-bond acceptors (Lipinski definition) is 3. The average Bonchev–Trinajstić information content (AvgIpc) is 2.50. The van der Waals surface area contributed by atoms with Crippen LogP contribution >= 0.6 is 11.8 Å². The Labute approximate surface area is 104 Å². The van der Waals surface area contributed by atoms with E-state index in [1.54, 1.807) is 0 Å². The fraction of sp³-hybridized carbons (Fsp3) is 0.917. The second-order valence-corrected chi connectivity index (χ2v) is 5.86. The molecule has 0 aromatic carbocycles. The minimum absolute atomic E-state index is 0.304. The molecule has 3 nitrogen and oxygen atoms in total. The summed E-state index contributed by atoms with van der Waals surface area (Å²) in [5.41, 5.74) is 0. The number of carbonyl (C=O) groups excluding carboxylic acids is 1. The molecule has 0 aliphatic carbocycles. The van der Waals surface area contributed by atoms with Crippen LogP contribution in [0, 0.1) is 0 Å². The monoisotopic (exact) mass is 244 g/mol. The molecule has 16 heavy (non-hydrogen) atoms. The predicted octanol–water partition coefficient (Wildman–Crippen LogP) is 1.68. The molecule has 0 bridgehead atoms. The molecule has 1 atom stereocenters. The van der Waals surface area contributed by atoms with E-state index in [0.29, 0.717) is 17.7 Å². The number of carbonyl (C=O) groups is 1. The summed E-state index contributed by atoms with van der Waals surface area (Å²) in [5, 5.41) is 0.700. The van der Waals surface area contributed by atoms with Crippen LogP contribution in [0.5, 0.6) is 0 Å². The Balaban J connectivity index is 2.40. The number of likely N-dealkylation sites (N-methyl/N-ethyl adjacent to an activating group) is 1. The molecule has 4 heteroatoms. The van der Waals surface area contributed by atoms with Crippen LogP contribution in [-0.4, -0.2) is 59.4 Å². The highest BCUT2D eigenvalue weighted by atomic mass is 32.2. The molecule has 1 heterocycles. The first-order valence-corrected chi connectivity index (χ1v) is 7.34. The number of rotatable bonds is 4. The van der Waals surface area contributed by atoms with Gasteiger partial charge in [0.2, 0.25) is 5.91 Å². The molecule has 0 aromatic heterocycles. The topological polar surface area (TPSA) is 23.6 Å². The lowest BCUT2D eigenvalue weighted by atomic mass is 10.3. The zero-order chi connectivity index (χ0) is 12.0. The number of amides is 1. The molecule has 1 aliphatic heterocycles. The van der Waals surface area contributed by atoms with Crippen LogP contribution in [-0.2, 0) is 4.79 Å². The fourth-order valence-corrected chi connectivity index (χ4v) is 2.89. The minimum atomic E-state index is 0.304. The first kappa shape index (κ1) is 13.8. The van der Waals surface area contributed by atoms with Gasteiger partial charge in [0.15, 0.2) is 0 Å². The van der Waals surface area contributed by atoms with Crippen molar-refractivity contribution < 1.29 is 4.79 Å². The highest BCUT2D eigenvalue weighted by molar-refractivity contribution is 7.99. The second-order valence-electron chi connectivity index (χ2n) is 4.31. The van der Waals surface area contributed by atoms with Gasteiger partial charge in [-0.1, -0.05) is 20.8 Å². The van der Waals surface area contributed by atoms with Crippen LogP contribution < -0.4 is 0 Å². The molecular weight excluding hydrogens is 220 g/mol. The van der Waals surface area contributed by atoms with Crippen LogP contribution in [0.2, 0.25) is 0 Å². The Morgan fingerprint density at radius 3 is 2.69 bits per heavy atom. The fourth-order valence-electron chi connectivity index (χ4n) is 1.88. The van der Waals surface area contributed by atoms with Crippen LogP contribution in [0.1, 0.15) is 27.2 Å². The summed E-state index contributed by atoms with van der Waals surface area (Å²) in [7, 11) is 0. The first-order valence-electron chi connectivity index (χ1n) is 6.29. The Morgan fingerprint density at radius 1 is 1.38 bits per heavy atom. The maximum Gasteiger partial charge on any atom is 0.236 e. The van der Waals surface area contributed by atoms with Gasteiger partial charge in [-0.15, -0.1) is 0 Å². The Kier molecular flexibility index (Phi) is 6.21. The Morgan fingerprint density at radius 2 is 2.06 bits per heavy atom. The van der Waals surface area contributed by atoms with Gasteiger partial charge in [-0.2, -0.15) is 11.8 Å². The lowest BCUT2D eigenvalue weighted by Gasteiger charge is -2.24. The molecule has 1 amide bonds. The molecule has 0 radical (unpaired) electrons. The summed E-state index contributed by atoms with van der Waals surface area (Å²) < 4.78 is 0. The lowest BCUT2D eigenvalue weighted by molar-refractivity contribution is -0.132. The summed E-state index contributed by atoms with van der Waals surface area (Å²) in [6.45, 7) is 10.8. The van der Waals surface area contributed by atoms with Crippen LogP contribution in [0.3, 0.4) is 0 Å². The molecule has 1 aliphatic rings. The van der Waals surface area contributed by atoms with E-state index in [0.717, 1.165) is 38.4 Å². The van der Waals surface area contributed by atoms with Crippen molar-refractivity contribution in [2.75, 3.05) is 38.5 Å². The van der Waals surface area contributed by atoms with Crippen molar-refractivity contribution in [3.63, 3.8) is 0 Å². The molecule has 1 rings (SSSR count). The van der Waals surface area contributed by atoms with Gasteiger partial charge >= 0.3 is 0 Å². The molecule has 0 spiro atoms. The SMILES string of the molecule is CCN(CC)CC(=O)N1CCS[C@@H](C)CC1. The standard InChI is InChI=1S/C12H24N2OS/c1-4-13(5-2)10-12(15)14-7-6-11(3)16-9-8-14/h11H,4-10H2,1-3H3/t11-/m0/s1. The summed E-state index contributed by atoms with van der Waals surface area (Å²) in [6.07, 6.45) is 1.13. The van der Waals surface area contributed by atoms with E-state index in [1.807, 2.05) is 16.7 Å². The summed E-state index contributed by atoms with van der Waals surface area (Å²) in [6, 6.07) is 0. The second kappa shape index (κ2) is 7.17. The van der Waals surface area contributed by atoms with Crippen LogP contribution in [0.15, 0.2) is 0 Å². The third-order valence-electron chi connectivity index (χ3n) is 3.18. The molecule has 0 unspecified atom stereocenters. The quantitative estimate of drug-likeness (QED) is 0.752. The molecule has 0 saturated carbocycles. The zero-order valence-electron chi connectivity index (χ0n) is 10.7. The maximum atomic E-state index is 12.1. The van der Waals surface area contributed by atoms with E-state index < -0.39 is 0 Å². The minimum Gasteiger partial charge on any atom is -0.341 e. The molecular formula is C12H24N2OS. The maximum absolute atomic E-state index is 12.1. The van der Waals surface area contributed by atoms with Crippen molar-refractivity contribution in [3.05, 3.63) is 0 Å².